The van der Waals surface area contributed by atoms with Crippen LogP contribution in [-0.4, -0.2) is 30.7 Å². The molecule has 1 atom stereocenters. The lowest BCUT2D eigenvalue weighted by molar-refractivity contribution is -0.0705. The number of para-hydroxylation sites is 1. The number of benzene rings is 4. The first kappa shape index (κ1) is 25.5. The van der Waals surface area contributed by atoms with Crippen LogP contribution in [0.5, 0.6) is 0 Å². The molecular formula is C36H34N4O. The van der Waals surface area contributed by atoms with Gasteiger partial charge in [-0.15, -0.1) is 0 Å². The minimum atomic E-state index is -0.746. The number of fused-ring (bicyclic) bond motifs is 3. The van der Waals surface area contributed by atoms with Crippen LogP contribution in [-0.2, 0) is 18.5 Å². The normalized spacial score (nSPS) is 15.7. The van der Waals surface area contributed by atoms with Crippen molar-refractivity contribution in [1.82, 2.24) is 19.0 Å². The van der Waals surface area contributed by atoms with E-state index in [4.69, 9.17) is 4.98 Å². The predicted octanol–water partition coefficient (Wildman–Crippen LogP) is 6.80. The molecule has 0 spiro atoms. The Bertz CT molecular complexity index is 1710. The molecule has 2 aromatic heterocycles. The van der Waals surface area contributed by atoms with Gasteiger partial charge < -0.3 is 14.2 Å². The van der Waals surface area contributed by atoms with Crippen molar-refractivity contribution in [3.05, 3.63) is 161 Å². The molecule has 6 aromatic rings. The van der Waals surface area contributed by atoms with Gasteiger partial charge in [0.15, 0.2) is 6.35 Å². The standard InChI is InChI=1S/C36H34N4O/c1-26-31-20-12-13-21-34(31)40-33(26)22-23-38(35(40)41)24-32-27(2)39(25-37-32)36(28-14-6-3-7-15-28,29-16-8-4-9-17-29)30-18-10-5-11-19-30/h3-21,25,35,41H,22-24H2,1-2H3. The second-order valence-electron chi connectivity index (χ2n) is 11.0. The number of aliphatic hydroxyl groups is 1. The number of aryl methyl sites for hydroxylation is 1. The van der Waals surface area contributed by atoms with E-state index in [1.165, 1.54) is 33.3 Å². The number of aliphatic hydroxyl groups excluding tert-OH is 1. The molecular weight excluding hydrogens is 504 g/mol. The van der Waals surface area contributed by atoms with E-state index in [0.717, 1.165) is 29.9 Å². The summed E-state index contributed by atoms with van der Waals surface area (Å²) in [6.45, 7) is 5.65. The Labute approximate surface area is 241 Å². The van der Waals surface area contributed by atoms with Gasteiger partial charge in [0, 0.05) is 36.3 Å². The van der Waals surface area contributed by atoms with Crippen molar-refractivity contribution in [2.24, 2.45) is 0 Å². The summed E-state index contributed by atoms with van der Waals surface area (Å²) in [6, 6.07) is 40.4. The minimum absolute atomic E-state index is 0.555. The fourth-order valence-corrected chi connectivity index (χ4v) is 6.83. The van der Waals surface area contributed by atoms with Gasteiger partial charge in [0.2, 0.25) is 0 Å². The molecule has 0 amide bonds. The summed E-state index contributed by atoms with van der Waals surface area (Å²) in [5.74, 6) is 0. The molecule has 7 rings (SSSR count). The smallest absolute Gasteiger partial charge is 0.191 e. The summed E-state index contributed by atoms with van der Waals surface area (Å²) in [6.07, 6.45) is 2.12. The summed E-state index contributed by atoms with van der Waals surface area (Å²) < 4.78 is 4.42. The molecule has 1 unspecified atom stereocenters. The second-order valence-corrected chi connectivity index (χ2v) is 11.0. The molecule has 0 bridgehead atoms. The molecule has 4 aromatic carbocycles. The highest BCUT2D eigenvalue weighted by Gasteiger charge is 2.40. The van der Waals surface area contributed by atoms with Gasteiger partial charge in [-0.3, -0.25) is 4.90 Å². The van der Waals surface area contributed by atoms with Crippen LogP contribution in [0.1, 0.15) is 45.7 Å². The SMILES string of the molecule is Cc1c2n(c3ccccc13)C(O)N(Cc1ncn(C(c3ccccc3)(c3ccccc3)c3ccccc3)c1C)CC2. The van der Waals surface area contributed by atoms with Gasteiger partial charge in [-0.05, 0) is 42.2 Å². The van der Waals surface area contributed by atoms with Crippen LogP contribution >= 0.6 is 0 Å². The van der Waals surface area contributed by atoms with E-state index in [0.29, 0.717) is 6.54 Å². The van der Waals surface area contributed by atoms with Crippen LogP contribution < -0.4 is 0 Å². The van der Waals surface area contributed by atoms with E-state index >= 15 is 0 Å². The summed E-state index contributed by atoms with van der Waals surface area (Å²) in [7, 11) is 0. The van der Waals surface area contributed by atoms with E-state index in [2.05, 4.69) is 137 Å². The van der Waals surface area contributed by atoms with E-state index < -0.39 is 11.9 Å². The van der Waals surface area contributed by atoms with E-state index in [9.17, 15) is 5.11 Å². The maximum Gasteiger partial charge on any atom is 0.191 e. The van der Waals surface area contributed by atoms with Crippen molar-refractivity contribution < 1.29 is 5.11 Å². The quantitative estimate of drug-likeness (QED) is 0.237. The molecule has 1 aliphatic rings. The molecule has 5 heteroatoms. The Kier molecular flexibility index (Phi) is 6.34. The number of hydrogen-bond acceptors (Lipinski definition) is 3. The van der Waals surface area contributed by atoms with Gasteiger partial charge in [0.05, 0.1) is 17.5 Å². The maximum atomic E-state index is 11.6. The highest BCUT2D eigenvalue weighted by atomic mass is 16.3. The first-order chi connectivity index (χ1) is 20.1. The van der Waals surface area contributed by atoms with Crippen molar-refractivity contribution in [3.8, 4) is 0 Å². The molecule has 0 saturated carbocycles. The van der Waals surface area contributed by atoms with Gasteiger partial charge in [-0.2, -0.15) is 0 Å². The Hall–Kier alpha value is -4.45. The first-order valence-corrected chi connectivity index (χ1v) is 14.3. The molecule has 0 fully saturated rings. The molecule has 5 nitrogen and oxygen atoms in total. The van der Waals surface area contributed by atoms with Crippen molar-refractivity contribution in [1.29, 1.82) is 0 Å². The van der Waals surface area contributed by atoms with Crippen LogP contribution in [0.25, 0.3) is 10.9 Å². The summed E-state index contributed by atoms with van der Waals surface area (Å²) in [4.78, 5) is 7.14. The van der Waals surface area contributed by atoms with E-state index in [1.807, 2.05) is 12.4 Å². The van der Waals surface area contributed by atoms with Gasteiger partial charge in [0.1, 0.15) is 5.54 Å². The fraction of sp³-hybridized carbons (Fsp3) is 0.194. The third-order valence-electron chi connectivity index (χ3n) is 8.88. The third kappa shape index (κ3) is 3.96. The molecule has 0 aliphatic carbocycles. The highest BCUT2D eigenvalue weighted by Crippen LogP contribution is 2.42. The number of hydrogen-bond donors (Lipinski definition) is 1. The molecule has 41 heavy (non-hydrogen) atoms. The van der Waals surface area contributed by atoms with Crippen LogP contribution in [0, 0.1) is 13.8 Å². The number of rotatable bonds is 6. The fourth-order valence-electron chi connectivity index (χ4n) is 6.83. The van der Waals surface area contributed by atoms with Crippen molar-refractivity contribution in [2.75, 3.05) is 6.54 Å². The zero-order valence-electron chi connectivity index (χ0n) is 23.5. The largest absolute Gasteiger partial charge is 0.360 e. The van der Waals surface area contributed by atoms with Crippen molar-refractivity contribution >= 4 is 10.9 Å². The summed E-state index contributed by atoms with van der Waals surface area (Å²) >= 11 is 0. The Morgan fingerprint density at radius 3 is 1.88 bits per heavy atom. The lowest BCUT2D eigenvalue weighted by Crippen LogP contribution is -2.40. The Morgan fingerprint density at radius 2 is 1.29 bits per heavy atom. The summed E-state index contributed by atoms with van der Waals surface area (Å²) in [5, 5.41) is 12.9. The van der Waals surface area contributed by atoms with Crippen LogP contribution in [0.3, 0.4) is 0 Å². The summed E-state index contributed by atoms with van der Waals surface area (Å²) in [5.41, 5.74) is 8.49. The van der Waals surface area contributed by atoms with E-state index in [1.54, 1.807) is 0 Å². The first-order valence-electron chi connectivity index (χ1n) is 14.3. The average molecular weight is 539 g/mol. The molecule has 1 aliphatic heterocycles. The molecule has 204 valence electrons. The minimum Gasteiger partial charge on any atom is -0.360 e. The highest BCUT2D eigenvalue weighted by molar-refractivity contribution is 5.85. The van der Waals surface area contributed by atoms with Crippen molar-refractivity contribution in [2.45, 2.75) is 38.7 Å². The Morgan fingerprint density at radius 1 is 0.756 bits per heavy atom. The zero-order chi connectivity index (χ0) is 28.0. The van der Waals surface area contributed by atoms with Crippen molar-refractivity contribution in [3.63, 3.8) is 0 Å². The van der Waals surface area contributed by atoms with Gasteiger partial charge >= 0.3 is 0 Å². The van der Waals surface area contributed by atoms with Gasteiger partial charge in [0.25, 0.3) is 0 Å². The zero-order valence-corrected chi connectivity index (χ0v) is 23.5. The number of nitrogens with zero attached hydrogens (tertiary/aromatic N) is 4. The Balaban J connectivity index is 1.34. The molecule has 3 heterocycles. The molecule has 1 N–H and O–H groups in total. The van der Waals surface area contributed by atoms with E-state index in [-0.39, 0.29) is 0 Å². The third-order valence-corrected chi connectivity index (χ3v) is 8.88. The average Bonchev–Trinajstić information content (AvgIpc) is 3.54. The lowest BCUT2D eigenvalue weighted by Gasteiger charge is -2.38. The van der Waals surface area contributed by atoms with Crippen LogP contribution in [0.15, 0.2) is 122 Å². The molecule has 0 radical (unpaired) electrons. The monoisotopic (exact) mass is 538 g/mol. The second kappa shape index (κ2) is 10.2. The molecule has 0 saturated heterocycles. The van der Waals surface area contributed by atoms with Crippen LogP contribution in [0.2, 0.25) is 0 Å². The topological polar surface area (TPSA) is 46.2 Å². The van der Waals surface area contributed by atoms with Crippen LogP contribution in [0.4, 0.5) is 0 Å². The maximum absolute atomic E-state index is 11.6. The predicted molar refractivity (Wildman–Crippen MR) is 164 cm³/mol. The lowest BCUT2D eigenvalue weighted by atomic mass is 9.76. The number of aromatic nitrogens is 3. The van der Waals surface area contributed by atoms with Gasteiger partial charge in [-0.1, -0.05) is 109 Å². The number of imidazole rings is 1. The van der Waals surface area contributed by atoms with Gasteiger partial charge in [-0.25, -0.2) is 4.98 Å².